The topological polar surface area (TPSA) is 24.9 Å². The second-order valence-electron chi connectivity index (χ2n) is 5.23. The smallest absolute Gasteiger partial charge is 0.131 e. The lowest BCUT2D eigenvalue weighted by Crippen LogP contribution is -2.25. The summed E-state index contributed by atoms with van der Waals surface area (Å²) in [6.07, 6.45) is 2.20. The number of nitrogens with one attached hydrogen (secondary N) is 1. The van der Waals surface area contributed by atoms with Crippen molar-refractivity contribution in [2.24, 2.45) is 0 Å². The molecule has 0 amide bonds. The van der Waals surface area contributed by atoms with Gasteiger partial charge in [-0.3, -0.25) is 0 Å². The predicted molar refractivity (Wildman–Crippen MR) is 75.9 cm³/mol. The summed E-state index contributed by atoms with van der Waals surface area (Å²) in [6, 6.07) is 3.86. The molecule has 1 aliphatic rings. The lowest BCUT2D eigenvalue weighted by Gasteiger charge is -2.17. The zero-order valence-electron chi connectivity index (χ0n) is 11.4. The number of thiazole rings is 1. The Hall–Kier alpha value is -1.33. The van der Waals surface area contributed by atoms with Gasteiger partial charge in [0.15, 0.2) is 0 Å². The van der Waals surface area contributed by atoms with E-state index in [2.05, 4.69) is 10.3 Å². The Morgan fingerprint density at radius 2 is 2.05 bits per heavy atom. The van der Waals surface area contributed by atoms with Crippen molar-refractivity contribution in [3.8, 4) is 0 Å². The maximum absolute atomic E-state index is 14.1. The van der Waals surface area contributed by atoms with Gasteiger partial charge in [0.2, 0.25) is 0 Å². The van der Waals surface area contributed by atoms with E-state index in [-0.39, 0.29) is 6.04 Å². The first kappa shape index (κ1) is 13.6. The molecule has 0 aliphatic heterocycles. The van der Waals surface area contributed by atoms with Crippen LogP contribution in [0.3, 0.4) is 0 Å². The summed E-state index contributed by atoms with van der Waals surface area (Å²) in [5, 5.41) is 4.25. The van der Waals surface area contributed by atoms with Crippen LogP contribution in [0, 0.1) is 25.5 Å². The highest BCUT2D eigenvalue weighted by atomic mass is 32.1. The third-order valence-corrected chi connectivity index (χ3v) is 4.68. The van der Waals surface area contributed by atoms with Crippen LogP contribution in [0.15, 0.2) is 18.2 Å². The van der Waals surface area contributed by atoms with E-state index in [0.29, 0.717) is 11.6 Å². The molecular formula is C15H16F2N2S. The van der Waals surface area contributed by atoms with Gasteiger partial charge in [-0.15, -0.1) is 11.3 Å². The summed E-state index contributed by atoms with van der Waals surface area (Å²) in [5.41, 5.74) is 1.43. The van der Waals surface area contributed by atoms with Crippen LogP contribution >= 0.6 is 11.3 Å². The van der Waals surface area contributed by atoms with Crippen molar-refractivity contribution >= 4 is 11.3 Å². The van der Waals surface area contributed by atoms with Crippen LogP contribution in [0.4, 0.5) is 8.78 Å². The average molecular weight is 294 g/mol. The third-order valence-electron chi connectivity index (χ3n) is 3.55. The van der Waals surface area contributed by atoms with E-state index in [1.165, 1.54) is 12.1 Å². The fraction of sp³-hybridized carbons (Fsp3) is 0.400. The van der Waals surface area contributed by atoms with Crippen LogP contribution < -0.4 is 5.32 Å². The van der Waals surface area contributed by atoms with Gasteiger partial charge in [-0.25, -0.2) is 13.8 Å². The molecule has 1 aromatic heterocycles. The largest absolute Gasteiger partial charge is 0.301 e. The first-order valence-corrected chi connectivity index (χ1v) is 7.51. The van der Waals surface area contributed by atoms with Crippen molar-refractivity contribution in [3.05, 3.63) is 51.0 Å². The van der Waals surface area contributed by atoms with Gasteiger partial charge in [-0.2, -0.15) is 0 Å². The summed E-state index contributed by atoms with van der Waals surface area (Å²) in [4.78, 5) is 5.66. The zero-order chi connectivity index (χ0) is 14.3. The van der Waals surface area contributed by atoms with Crippen molar-refractivity contribution in [2.45, 2.75) is 38.8 Å². The Morgan fingerprint density at radius 1 is 1.30 bits per heavy atom. The normalized spacial score (nSPS) is 16.4. The van der Waals surface area contributed by atoms with Gasteiger partial charge in [-0.05, 0) is 32.8 Å². The Balaban J connectivity index is 2.00. The SMILES string of the molecule is Cc1nc(C(NC2CC2)c2ccc(F)cc2F)sc1C. The summed E-state index contributed by atoms with van der Waals surface area (Å²) < 4.78 is 27.1. The number of hydrogen-bond acceptors (Lipinski definition) is 3. The quantitative estimate of drug-likeness (QED) is 0.925. The fourth-order valence-corrected chi connectivity index (χ4v) is 3.14. The number of nitrogens with zero attached hydrogens (tertiary/aromatic N) is 1. The van der Waals surface area contributed by atoms with E-state index in [9.17, 15) is 8.78 Å². The summed E-state index contributed by atoms with van der Waals surface area (Å²) >= 11 is 1.57. The van der Waals surface area contributed by atoms with E-state index in [4.69, 9.17) is 0 Å². The van der Waals surface area contributed by atoms with Crippen molar-refractivity contribution in [1.29, 1.82) is 0 Å². The number of aromatic nitrogens is 1. The van der Waals surface area contributed by atoms with Crippen molar-refractivity contribution in [3.63, 3.8) is 0 Å². The molecule has 1 aliphatic carbocycles. The van der Waals surface area contributed by atoms with Gasteiger partial charge in [0.25, 0.3) is 0 Å². The highest BCUT2D eigenvalue weighted by molar-refractivity contribution is 7.11. The van der Waals surface area contributed by atoms with Gasteiger partial charge in [-0.1, -0.05) is 6.07 Å². The minimum atomic E-state index is -0.553. The van der Waals surface area contributed by atoms with Crippen LogP contribution in [0.25, 0.3) is 0 Å². The van der Waals surface area contributed by atoms with E-state index < -0.39 is 11.6 Å². The van der Waals surface area contributed by atoms with Crippen molar-refractivity contribution in [1.82, 2.24) is 10.3 Å². The fourth-order valence-electron chi connectivity index (χ4n) is 2.14. The first-order valence-electron chi connectivity index (χ1n) is 6.69. The molecule has 2 aromatic rings. The molecule has 0 radical (unpaired) electrons. The van der Waals surface area contributed by atoms with Gasteiger partial charge >= 0.3 is 0 Å². The van der Waals surface area contributed by atoms with Crippen molar-refractivity contribution < 1.29 is 8.78 Å². The molecule has 0 saturated heterocycles. The minimum absolute atomic E-state index is 0.291. The summed E-state index contributed by atoms with van der Waals surface area (Å²) in [6.45, 7) is 3.95. The number of aryl methyl sites for hydroxylation is 2. The molecule has 1 aromatic carbocycles. The molecule has 1 unspecified atom stereocenters. The average Bonchev–Trinajstić information content (AvgIpc) is 3.14. The molecule has 0 spiro atoms. The number of benzene rings is 1. The molecule has 1 saturated carbocycles. The predicted octanol–water partition coefficient (Wildman–Crippen LogP) is 3.88. The summed E-state index contributed by atoms with van der Waals surface area (Å²) in [7, 11) is 0. The standard InChI is InChI=1S/C15H16F2N2S/c1-8-9(2)20-15(18-8)14(19-11-4-5-11)12-6-3-10(16)7-13(12)17/h3,6-7,11,14,19H,4-5H2,1-2H3. The molecule has 1 heterocycles. The second kappa shape index (κ2) is 5.22. The monoisotopic (exact) mass is 294 g/mol. The van der Waals surface area contributed by atoms with Gasteiger partial charge in [0, 0.05) is 22.5 Å². The van der Waals surface area contributed by atoms with Crippen molar-refractivity contribution in [2.75, 3.05) is 0 Å². The minimum Gasteiger partial charge on any atom is -0.301 e. The van der Waals surface area contributed by atoms with E-state index in [1.54, 1.807) is 11.3 Å². The lowest BCUT2D eigenvalue weighted by atomic mass is 10.1. The Kier molecular flexibility index (Phi) is 3.56. The molecule has 1 N–H and O–H groups in total. The van der Waals surface area contributed by atoms with Crippen LogP contribution in [-0.4, -0.2) is 11.0 Å². The molecule has 1 atom stereocenters. The zero-order valence-corrected chi connectivity index (χ0v) is 12.2. The van der Waals surface area contributed by atoms with Crippen LogP contribution in [0.5, 0.6) is 0 Å². The molecule has 3 rings (SSSR count). The molecule has 20 heavy (non-hydrogen) atoms. The van der Waals surface area contributed by atoms with Crippen LogP contribution in [0.2, 0.25) is 0 Å². The number of rotatable bonds is 4. The molecule has 0 bridgehead atoms. The summed E-state index contributed by atoms with van der Waals surface area (Å²) in [5.74, 6) is -1.07. The third kappa shape index (κ3) is 2.74. The number of halogens is 2. The molecule has 2 nitrogen and oxygen atoms in total. The van der Waals surface area contributed by atoms with E-state index >= 15 is 0 Å². The van der Waals surface area contributed by atoms with Gasteiger partial charge < -0.3 is 5.32 Å². The molecule has 106 valence electrons. The maximum Gasteiger partial charge on any atom is 0.131 e. The Labute approximate surface area is 120 Å². The maximum atomic E-state index is 14.1. The Morgan fingerprint density at radius 3 is 2.60 bits per heavy atom. The Bertz CT molecular complexity index is 615. The molecule has 1 fully saturated rings. The highest BCUT2D eigenvalue weighted by Gasteiger charge is 2.29. The lowest BCUT2D eigenvalue weighted by molar-refractivity contribution is 0.530. The second-order valence-corrected chi connectivity index (χ2v) is 6.47. The number of hydrogen-bond donors (Lipinski definition) is 1. The highest BCUT2D eigenvalue weighted by Crippen LogP contribution is 2.33. The molecular weight excluding hydrogens is 278 g/mol. The van der Waals surface area contributed by atoms with E-state index in [1.807, 2.05) is 13.8 Å². The first-order chi connectivity index (χ1) is 9.54. The molecule has 5 heteroatoms. The van der Waals surface area contributed by atoms with Crippen LogP contribution in [0.1, 0.15) is 40.0 Å². The van der Waals surface area contributed by atoms with Gasteiger partial charge in [0.1, 0.15) is 16.6 Å². The van der Waals surface area contributed by atoms with E-state index in [0.717, 1.165) is 34.5 Å². The van der Waals surface area contributed by atoms with Crippen LogP contribution in [-0.2, 0) is 0 Å². The van der Waals surface area contributed by atoms with Gasteiger partial charge in [0.05, 0.1) is 11.7 Å².